The molecular formula is C9H8BrN3O2. The zero-order valence-corrected chi connectivity index (χ0v) is 9.23. The Hall–Kier alpha value is -1.40. The highest BCUT2D eigenvalue weighted by atomic mass is 79.9. The molecule has 0 saturated carbocycles. The molecule has 0 aliphatic carbocycles. The van der Waals surface area contributed by atoms with Crippen molar-refractivity contribution in [1.29, 1.82) is 0 Å². The van der Waals surface area contributed by atoms with Crippen LogP contribution in [0.4, 0.5) is 0 Å². The molecule has 0 aliphatic rings. The van der Waals surface area contributed by atoms with Crippen LogP contribution in [0.15, 0.2) is 33.5 Å². The van der Waals surface area contributed by atoms with E-state index in [1.165, 1.54) is 4.68 Å². The van der Waals surface area contributed by atoms with E-state index in [9.17, 15) is 4.79 Å². The normalized spacial score (nSPS) is 10.5. The van der Waals surface area contributed by atoms with Crippen LogP contribution in [0.5, 0.6) is 0 Å². The van der Waals surface area contributed by atoms with Gasteiger partial charge in [0.2, 0.25) is 0 Å². The summed E-state index contributed by atoms with van der Waals surface area (Å²) in [6.45, 7) is -0.279. The highest BCUT2D eigenvalue weighted by molar-refractivity contribution is 9.10. The van der Waals surface area contributed by atoms with Crippen LogP contribution in [0, 0.1) is 0 Å². The van der Waals surface area contributed by atoms with Crippen molar-refractivity contribution < 1.29 is 5.11 Å². The molecule has 1 aromatic heterocycles. The van der Waals surface area contributed by atoms with Crippen molar-refractivity contribution in [3.05, 3.63) is 45.0 Å². The molecule has 0 spiro atoms. The maximum atomic E-state index is 11.4. The largest absolute Gasteiger partial charge is 0.388 e. The molecule has 1 aromatic carbocycles. The first-order valence-electron chi connectivity index (χ1n) is 4.26. The van der Waals surface area contributed by atoms with Crippen molar-refractivity contribution in [2.45, 2.75) is 6.61 Å². The van der Waals surface area contributed by atoms with E-state index in [-0.39, 0.29) is 18.1 Å². The predicted octanol–water partition coefficient (Wildman–Crippen LogP) is 0.815. The number of rotatable bonds is 2. The molecule has 2 N–H and O–H groups in total. The molecule has 0 atom stereocenters. The van der Waals surface area contributed by atoms with Crippen LogP contribution < -0.4 is 5.69 Å². The van der Waals surface area contributed by atoms with Gasteiger partial charge in [0.1, 0.15) is 6.61 Å². The van der Waals surface area contributed by atoms with Gasteiger partial charge in [-0.15, -0.1) is 5.10 Å². The number of hydrogen-bond acceptors (Lipinski definition) is 3. The fourth-order valence-electron chi connectivity index (χ4n) is 1.20. The van der Waals surface area contributed by atoms with Crippen LogP contribution in [-0.2, 0) is 6.61 Å². The second kappa shape index (κ2) is 4.00. The fraction of sp³-hybridized carbons (Fsp3) is 0.111. The monoisotopic (exact) mass is 269 g/mol. The Morgan fingerprint density at radius 3 is 2.60 bits per heavy atom. The number of halogens is 1. The SMILES string of the molecule is O=c1[nH]c(CO)nn1-c1ccc(Br)cc1. The third kappa shape index (κ3) is 2.00. The number of H-pyrrole nitrogens is 1. The predicted molar refractivity (Wildman–Crippen MR) is 57.8 cm³/mol. The van der Waals surface area contributed by atoms with Crippen molar-refractivity contribution in [2.75, 3.05) is 0 Å². The molecule has 0 aliphatic heterocycles. The van der Waals surface area contributed by atoms with Gasteiger partial charge in [-0.05, 0) is 24.3 Å². The lowest BCUT2D eigenvalue weighted by Gasteiger charge is -1.98. The van der Waals surface area contributed by atoms with Crippen LogP contribution in [0.1, 0.15) is 5.82 Å². The number of aliphatic hydroxyl groups is 1. The average Bonchev–Trinajstić information content (AvgIpc) is 2.61. The molecular weight excluding hydrogens is 262 g/mol. The fourth-order valence-corrected chi connectivity index (χ4v) is 1.46. The van der Waals surface area contributed by atoms with Crippen LogP contribution in [0.3, 0.4) is 0 Å². The van der Waals surface area contributed by atoms with E-state index in [2.05, 4.69) is 26.0 Å². The standard InChI is InChI=1S/C9H8BrN3O2/c10-6-1-3-7(4-2-6)13-9(15)11-8(5-14)12-13/h1-4,14H,5H2,(H,11,12,15). The lowest BCUT2D eigenvalue weighted by atomic mass is 10.3. The smallest absolute Gasteiger partial charge is 0.348 e. The number of aliphatic hydroxyl groups excluding tert-OH is 1. The van der Waals surface area contributed by atoms with Gasteiger partial charge in [0, 0.05) is 4.47 Å². The highest BCUT2D eigenvalue weighted by Crippen LogP contribution is 2.11. The molecule has 0 bridgehead atoms. The van der Waals surface area contributed by atoms with Crippen LogP contribution in [-0.4, -0.2) is 19.9 Å². The molecule has 0 unspecified atom stereocenters. The van der Waals surface area contributed by atoms with Crippen molar-refractivity contribution in [1.82, 2.24) is 14.8 Å². The van der Waals surface area contributed by atoms with Gasteiger partial charge in [-0.2, -0.15) is 4.68 Å². The number of nitrogens with zero attached hydrogens (tertiary/aromatic N) is 2. The van der Waals surface area contributed by atoms with Crippen LogP contribution >= 0.6 is 15.9 Å². The Labute approximate surface area is 93.5 Å². The van der Waals surface area contributed by atoms with E-state index >= 15 is 0 Å². The summed E-state index contributed by atoms with van der Waals surface area (Å²) in [6, 6.07) is 7.14. The van der Waals surface area contributed by atoms with E-state index in [0.717, 1.165) is 4.47 Å². The first-order chi connectivity index (χ1) is 7.20. The maximum absolute atomic E-state index is 11.4. The summed E-state index contributed by atoms with van der Waals surface area (Å²) in [5.41, 5.74) is 0.292. The first kappa shape index (κ1) is 10.1. The number of benzene rings is 1. The molecule has 15 heavy (non-hydrogen) atoms. The lowest BCUT2D eigenvalue weighted by molar-refractivity contribution is 0.271. The maximum Gasteiger partial charge on any atom is 0.348 e. The second-order valence-electron chi connectivity index (χ2n) is 2.92. The third-order valence-corrected chi connectivity index (χ3v) is 2.41. The zero-order valence-electron chi connectivity index (χ0n) is 7.64. The van der Waals surface area contributed by atoms with Gasteiger partial charge in [0.05, 0.1) is 5.69 Å². The van der Waals surface area contributed by atoms with Gasteiger partial charge >= 0.3 is 5.69 Å². The van der Waals surface area contributed by atoms with E-state index in [1.807, 2.05) is 12.1 Å². The quantitative estimate of drug-likeness (QED) is 0.848. The Morgan fingerprint density at radius 1 is 1.40 bits per heavy atom. The molecule has 1 heterocycles. The van der Waals surface area contributed by atoms with Gasteiger partial charge in [0.15, 0.2) is 5.82 Å². The summed E-state index contributed by atoms with van der Waals surface area (Å²) < 4.78 is 2.13. The van der Waals surface area contributed by atoms with E-state index in [0.29, 0.717) is 5.69 Å². The van der Waals surface area contributed by atoms with Crippen molar-refractivity contribution in [2.24, 2.45) is 0 Å². The molecule has 0 amide bonds. The molecule has 2 rings (SSSR count). The summed E-state index contributed by atoms with van der Waals surface area (Å²) in [7, 11) is 0. The summed E-state index contributed by atoms with van der Waals surface area (Å²) in [5, 5.41) is 12.7. The van der Waals surface area contributed by atoms with Gasteiger partial charge in [-0.25, -0.2) is 4.79 Å². The summed E-state index contributed by atoms with van der Waals surface area (Å²) in [4.78, 5) is 13.8. The van der Waals surface area contributed by atoms with Gasteiger partial charge in [-0.3, -0.25) is 4.98 Å². The third-order valence-electron chi connectivity index (χ3n) is 1.89. The van der Waals surface area contributed by atoms with Crippen LogP contribution in [0.2, 0.25) is 0 Å². The van der Waals surface area contributed by atoms with Crippen molar-refractivity contribution in [3.8, 4) is 5.69 Å². The lowest BCUT2D eigenvalue weighted by Crippen LogP contribution is -2.15. The van der Waals surface area contributed by atoms with Gasteiger partial charge in [0.25, 0.3) is 0 Å². The van der Waals surface area contributed by atoms with Crippen LogP contribution in [0.25, 0.3) is 5.69 Å². The minimum absolute atomic E-state index is 0.253. The molecule has 2 aromatic rings. The number of hydrogen-bond donors (Lipinski definition) is 2. The van der Waals surface area contributed by atoms with Gasteiger partial charge < -0.3 is 5.11 Å². The Bertz CT molecular complexity index is 515. The molecule has 0 fully saturated rings. The number of aromatic nitrogens is 3. The van der Waals surface area contributed by atoms with E-state index in [1.54, 1.807) is 12.1 Å². The summed E-state index contributed by atoms with van der Waals surface area (Å²) in [6.07, 6.45) is 0. The highest BCUT2D eigenvalue weighted by Gasteiger charge is 2.05. The van der Waals surface area contributed by atoms with E-state index < -0.39 is 0 Å². The topological polar surface area (TPSA) is 70.9 Å². The Kier molecular flexibility index (Phi) is 2.70. The Morgan fingerprint density at radius 2 is 2.07 bits per heavy atom. The molecule has 6 heteroatoms. The van der Waals surface area contributed by atoms with Gasteiger partial charge in [-0.1, -0.05) is 15.9 Å². The molecule has 5 nitrogen and oxygen atoms in total. The second-order valence-corrected chi connectivity index (χ2v) is 3.84. The minimum Gasteiger partial charge on any atom is -0.388 e. The summed E-state index contributed by atoms with van der Waals surface area (Å²) >= 11 is 3.30. The molecule has 0 radical (unpaired) electrons. The zero-order chi connectivity index (χ0) is 10.8. The average molecular weight is 270 g/mol. The molecule has 78 valence electrons. The number of nitrogens with one attached hydrogen (secondary N) is 1. The van der Waals surface area contributed by atoms with Crippen molar-refractivity contribution >= 4 is 15.9 Å². The number of aromatic amines is 1. The minimum atomic E-state index is -0.360. The van der Waals surface area contributed by atoms with Crippen molar-refractivity contribution in [3.63, 3.8) is 0 Å². The summed E-state index contributed by atoms with van der Waals surface area (Å²) in [5.74, 6) is 0.253. The Balaban J connectivity index is 2.49. The molecule has 0 saturated heterocycles. The van der Waals surface area contributed by atoms with E-state index in [4.69, 9.17) is 5.11 Å². The first-order valence-corrected chi connectivity index (χ1v) is 5.05.